The number of nitrogens with zero attached hydrogens (tertiary/aromatic N) is 3. The molecule has 1 aliphatic heterocycles. The second-order valence-corrected chi connectivity index (χ2v) is 8.83. The van der Waals surface area contributed by atoms with Crippen molar-refractivity contribution in [2.75, 3.05) is 13.4 Å². The van der Waals surface area contributed by atoms with Crippen molar-refractivity contribution in [2.24, 2.45) is 0 Å². The van der Waals surface area contributed by atoms with Crippen LogP contribution in [0.3, 0.4) is 0 Å². The summed E-state index contributed by atoms with van der Waals surface area (Å²) >= 11 is 1.14. The Balaban J connectivity index is 1.57. The molecule has 0 unspecified atom stereocenters. The van der Waals surface area contributed by atoms with Crippen molar-refractivity contribution in [1.29, 1.82) is 0 Å². The van der Waals surface area contributed by atoms with Gasteiger partial charge in [0, 0.05) is 23.0 Å². The molecule has 0 saturated heterocycles. The van der Waals surface area contributed by atoms with E-state index in [1.807, 2.05) is 66.1 Å². The van der Waals surface area contributed by atoms with E-state index in [1.54, 1.807) is 0 Å². The van der Waals surface area contributed by atoms with Gasteiger partial charge in [-0.3, -0.25) is 0 Å². The van der Waals surface area contributed by atoms with E-state index in [2.05, 4.69) is 8.75 Å². The minimum absolute atomic E-state index is 0.185. The number of carbonyl (C=O) groups is 1. The SMILES string of the molecule is CCCOc1ccc2c(c1)c(-c1ccc3nsnc3c1)c(C(=O)O)n2Cc1ccc2c(c1)OCO2. The van der Waals surface area contributed by atoms with Gasteiger partial charge in [-0.15, -0.1) is 0 Å². The summed E-state index contributed by atoms with van der Waals surface area (Å²) in [5, 5.41) is 11.2. The quantitative estimate of drug-likeness (QED) is 0.320. The van der Waals surface area contributed by atoms with Crippen molar-refractivity contribution in [3.05, 3.63) is 65.9 Å². The average molecular weight is 488 g/mol. The van der Waals surface area contributed by atoms with Crippen LogP contribution in [0.5, 0.6) is 17.2 Å². The monoisotopic (exact) mass is 487 g/mol. The van der Waals surface area contributed by atoms with E-state index in [4.69, 9.17) is 14.2 Å². The summed E-state index contributed by atoms with van der Waals surface area (Å²) in [6.07, 6.45) is 0.879. The van der Waals surface area contributed by atoms with Gasteiger partial charge in [-0.25, -0.2) is 4.79 Å². The Morgan fingerprint density at radius 3 is 2.77 bits per heavy atom. The van der Waals surface area contributed by atoms with Crippen LogP contribution >= 0.6 is 11.7 Å². The zero-order valence-electron chi connectivity index (χ0n) is 18.9. The van der Waals surface area contributed by atoms with Crippen LogP contribution in [0.15, 0.2) is 54.6 Å². The highest BCUT2D eigenvalue weighted by Crippen LogP contribution is 2.39. The third-order valence-electron chi connectivity index (χ3n) is 6.03. The number of aromatic carboxylic acids is 1. The van der Waals surface area contributed by atoms with Crippen molar-refractivity contribution in [1.82, 2.24) is 13.3 Å². The summed E-state index contributed by atoms with van der Waals surface area (Å²) in [5.41, 5.74) is 4.83. The maximum atomic E-state index is 12.7. The van der Waals surface area contributed by atoms with Gasteiger partial charge >= 0.3 is 5.97 Å². The van der Waals surface area contributed by atoms with Gasteiger partial charge in [0.05, 0.1) is 18.3 Å². The molecule has 2 aromatic heterocycles. The number of ether oxygens (including phenoxy) is 3. The molecule has 1 N–H and O–H groups in total. The Morgan fingerprint density at radius 2 is 1.91 bits per heavy atom. The van der Waals surface area contributed by atoms with E-state index in [-0.39, 0.29) is 12.5 Å². The predicted molar refractivity (Wildman–Crippen MR) is 133 cm³/mol. The van der Waals surface area contributed by atoms with Crippen LogP contribution in [0, 0.1) is 0 Å². The average Bonchev–Trinajstić information content (AvgIpc) is 3.59. The molecule has 8 nitrogen and oxygen atoms in total. The summed E-state index contributed by atoms with van der Waals surface area (Å²) in [6, 6.07) is 17.1. The van der Waals surface area contributed by atoms with Crippen molar-refractivity contribution in [3.8, 4) is 28.4 Å². The fourth-order valence-corrected chi connectivity index (χ4v) is 5.00. The van der Waals surface area contributed by atoms with Crippen LogP contribution in [0.4, 0.5) is 0 Å². The minimum atomic E-state index is -1.01. The molecule has 0 atom stereocenters. The number of hydrogen-bond acceptors (Lipinski definition) is 7. The van der Waals surface area contributed by atoms with Gasteiger partial charge < -0.3 is 23.9 Å². The Kier molecular flexibility index (Phi) is 5.26. The molecule has 0 bridgehead atoms. The smallest absolute Gasteiger partial charge is 0.353 e. The van der Waals surface area contributed by atoms with Gasteiger partial charge in [-0.1, -0.05) is 19.1 Å². The maximum absolute atomic E-state index is 12.7. The summed E-state index contributed by atoms with van der Waals surface area (Å²) < 4.78 is 27.3. The van der Waals surface area contributed by atoms with Crippen LogP contribution < -0.4 is 14.2 Å². The summed E-state index contributed by atoms with van der Waals surface area (Å²) in [5.74, 6) is 1.04. The molecule has 5 aromatic rings. The normalized spacial score (nSPS) is 12.5. The van der Waals surface area contributed by atoms with Crippen LogP contribution in [0.1, 0.15) is 29.4 Å². The molecule has 0 amide bonds. The molecule has 1 aliphatic rings. The molecular formula is C26H21N3O5S. The number of fused-ring (bicyclic) bond motifs is 3. The second kappa shape index (κ2) is 8.59. The third-order valence-corrected chi connectivity index (χ3v) is 6.59. The first kappa shape index (κ1) is 21.4. The van der Waals surface area contributed by atoms with Crippen molar-refractivity contribution in [3.63, 3.8) is 0 Å². The van der Waals surface area contributed by atoms with E-state index in [0.29, 0.717) is 36.0 Å². The number of benzene rings is 3. The minimum Gasteiger partial charge on any atom is -0.494 e. The Morgan fingerprint density at radius 1 is 1.06 bits per heavy atom. The molecule has 0 spiro atoms. The fourth-order valence-electron chi connectivity index (χ4n) is 4.48. The molecule has 0 aliphatic carbocycles. The van der Waals surface area contributed by atoms with Crippen LogP contribution in [-0.4, -0.2) is 37.8 Å². The zero-order chi connectivity index (χ0) is 23.9. The maximum Gasteiger partial charge on any atom is 0.353 e. The van der Waals surface area contributed by atoms with Crippen LogP contribution in [0.2, 0.25) is 0 Å². The number of rotatable bonds is 7. The topological polar surface area (TPSA) is 95.7 Å². The number of carboxylic acid groups (broad SMARTS) is 1. The van der Waals surface area contributed by atoms with Crippen molar-refractivity contribution >= 4 is 39.6 Å². The van der Waals surface area contributed by atoms with Crippen LogP contribution in [-0.2, 0) is 6.54 Å². The highest BCUT2D eigenvalue weighted by atomic mass is 32.1. The van der Waals surface area contributed by atoms with Gasteiger partial charge in [0.2, 0.25) is 6.79 Å². The van der Waals surface area contributed by atoms with E-state index >= 15 is 0 Å². The largest absolute Gasteiger partial charge is 0.494 e. The van der Waals surface area contributed by atoms with E-state index in [0.717, 1.165) is 51.2 Å². The first-order valence-electron chi connectivity index (χ1n) is 11.3. The molecule has 9 heteroatoms. The highest BCUT2D eigenvalue weighted by molar-refractivity contribution is 7.00. The lowest BCUT2D eigenvalue weighted by Gasteiger charge is -2.10. The molecule has 176 valence electrons. The lowest BCUT2D eigenvalue weighted by Crippen LogP contribution is -2.10. The zero-order valence-corrected chi connectivity index (χ0v) is 19.7. The summed E-state index contributed by atoms with van der Waals surface area (Å²) in [7, 11) is 0. The number of hydrogen-bond donors (Lipinski definition) is 1. The number of carboxylic acids is 1. The van der Waals surface area contributed by atoms with E-state index in [1.165, 1.54) is 0 Å². The first-order valence-corrected chi connectivity index (χ1v) is 12.0. The molecule has 0 fully saturated rings. The molecule has 0 saturated carbocycles. The van der Waals surface area contributed by atoms with Crippen LogP contribution in [0.25, 0.3) is 33.1 Å². The molecule has 35 heavy (non-hydrogen) atoms. The molecule has 3 heterocycles. The molecular weight excluding hydrogens is 466 g/mol. The second-order valence-electron chi connectivity index (χ2n) is 8.30. The van der Waals surface area contributed by atoms with Gasteiger partial charge in [-0.2, -0.15) is 8.75 Å². The van der Waals surface area contributed by atoms with Gasteiger partial charge in [0.1, 0.15) is 22.5 Å². The third kappa shape index (κ3) is 3.74. The predicted octanol–water partition coefficient (Wildman–Crippen LogP) is 5.58. The summed E-state index contributed by atoms with van der Waals surface area (Å²) in [4.78, 5) is 12.7. The Hall–Kier alpha value is -4.11. The van der Waals surface area contributed by atoms with Crippen molar-refractivity contribution < 1.29 is 24.1 Å². The highest BCUT2D eigenvalue weighted by Gasteiger charge is 2.25. The first-order chi connectivity index (χ1) is 17.1. The Labute approximate surface area is 204 Å². The molecule has 0 radical (unpaired) electrons. The Bertz CT molecular complexity index is 1590. The summed E-state index contributed by atoms with van der Waals surface area (Å²) in [6.45, 7) is 3.17. The lowest BCUT2D eigenvalue weighted by atomic mass is 10.0. The molecule has 3 aromatic carbocycles. The standard InChI is InChI=1S/C26H21N3O5S/c1-2-9-32-17-5-7-21-18(12-17)24(16-4-6-19-20(11-16)28-35-27-19)25(26(30)31)29(21)13-15-3-8-22-23(10-15)34-14-33-22/h3-8,10-12H,2,9,13-14H2,1H3,(H,30,31). The number of aromatic nitrogens is 3. The van der Waals surface area contributed by atoms with Gasteiger partial charge in [-0.05, 0) is 60.0 Å². The van der Waals surface area contributed by atoms with Gasteiger partial charge in [0.15, 0.2) is 11.5 Å². The molecule has 6 rings (SSSR count). The fraction of sp³-hybridized carbons (Fsp3) is 0.192. The van der Waals surface area contributed by atoms with E-state index < -0.39 is 5.97 Å². The lowest BCUT2D eigenvalue weighted by molar-refractivity contribution is 0.0687. The van der Waals surface area contributed by atoms with Crippen molar-refractivity contribution in [2.45, 2.75) is 19.9 Å². The van der Waals surface area contributed by atoms with E-state index in [9.17, 15) is 9.90 Å². The van der Waals surface area contributed by atoms with Gasteiger partial charge in [0.25, 0.3) is 0 Å².